The average Bonchev–Trinajstić information content (AvgIpc) is 2.10. The van der Waals surface area contributed by atoms with Crippen molar-refractivity contribution in [3.8, 4) is 5.75 Å². The Hall–Kier alpha value is -1.22. The molecule has 0 aliphatic heterocycles. The molecule has 3 nitrogen and oxygen atoms in total. The van der Waals surface area contributed by atoms with Gasteiger partial charge in [-0.15, -0.1) is 0 Å². The minimum atomic E-state index is -0.594. The van der Waals surface area contributed by atoms with Crippen LogP contribution in [0.15, 0.2) is 12.1 Å². The third-order valence-electron chi connectivity index (χ3n) is 1.61. The van der Waals surface area contributed by atoms with E-state index in [1.807, 2.05) is 0 Å². The molecule has 1 N–H and O–H groups in total. The normalized spacial score (nSPS) is 9.77. The molecule has 70 valence electrons. The molecule has 0 unspecified atom stereocenters. The highest BCUT2D eigenvalue weighted by atomic mass is 35.5. The van der Waals surface area contributed by atoms with E-state index < -0.39 is 5.97 Å². The van der Waals surface area contributed by atoms with Crippen LogP contribution in [0.2, 0.25) is 5.02 Å². The Kier molecular flexibility index (Phi) is 2.78. The number of esters is 1. The largest absolute Gasteiger partial charge is 0.505 e. The monoisotopic (exact) mass is 200 g/mol. The topological polar surface area (TPSA) is 46.5 Å². The predicted octanol–water partition coefficient (Wildman–Crippen LogP) is 2.14. The van der Waals surface area contributed by atoms with Gasteiger partial charge in [-0.05, 0) is 24.6 Å². The van der Waals surface area contributed by atoms with Gasteiger partial charge in [0.1, 0.15) is 11.3 Å². The second-order valence-corrected chi connectivity index (χ2v) is 3.04. The van der Waals surface area contributed by atoms with Crippen molar-refractivity contribution in [3.63, 3.8) is 0 Å². The van der Waals surface area contributed by atoms with Gasteiger partial charge in [-0.1, -0.05) is 11.6 Å². The molecular weight excluding hydrogens is 192 g/mol. The molecule has 0 radical (unpaired) electrons. The quantitative estimate of drug-likeness (QED) is 0.707. The number of benzene rings is 1. The van der Waals surface area contributed by atoms with Gasteiger partial charge in [0, 0.05) is 0 Å². The van der Waals surface area contributed by atoms with E-state index in [-0.39, 0.29) is 16.3 Å². The summed E-state index contributed by atoms with van der Waals surface area (Å²) < 4.78 is 4.47. The standard InChI is InChI=1S/C9H9ClO3/c1-5-3-6(9(12)13-2)8(11)7(10)4-5/h3-4,11H,1-2H3. The second-order valence-electron chi connectivity index (χ2n) is 2.63. The lowest BCUT2D eigenvalue weighted by atomic mass is 10.1. The molecule has 0 heterocycles. The first-order chi connectivity index (χ1) is 6.06. The molecule has 0 aliphatic carbocycles. The lowest BCUT2D eigenvalue weighted by Gasteiger charge is -2.05. The van der Waals surface area contributed by atoms with Crippen molar-refractivity contribution in [2.75, 3.05) is 7.11 Å². The summed E-state index contributed by atoms with van der Waals surface area (Å²) in [6.45, 7) is 1.78. The number of aromatic hydroxyl groups is 1. The first-order valence-corrected chi connectivity index (χ1v) is 4.01. The number of carbonyl (C=O) groups excluding carboxylic acids is 1. The summed E-state index contributed by atoms with van der Waals surface area (Å²) in [7, 11) is 1.25. The van der Waals surface area contributed by atoms with Crippen molar-refractivity contribution in [1.29, 1.82) is 0 Å². The molecule has 0 fully saturated rings. The van der Waals surface area contributed by atoms with E-state index in [1.165, 1.54) is 13.2 Å². The van der Waals surface area contributed by atoms with Crippen LogP contribution in [0.5, 0.6) is 5.75 Å². The Bertz CT molecular complexity index is 347. The number of rotatable bonds is 1. The molecule has 0 atom stereocenters. The fourth-order valence-corrected chi connectivity index (χ4v) is 1.27. The van der Waals surface area contributed by atoms with Crippen LogP contribution in [0.3, 0.4) is 0 Å². The highest BCUT2D eigenvalue weighted by Crippen LogP contribution is 2.29. The average molecular weight is 201 g/mol. The predicted molar refractivity (Wildman–Crippen MR) is 49.2 cm³/mol. The Morgan fingerprint density at radius 3 is 2.69 bits per heavy atom. The zero-order chi connectivity index (χ0) is 10.0. The molecule has 1 aromatic rings. The summed E-state index contributed by atoms with van der Waals surface area (Å²) in [5.41, 5.74) is 0.885. The van der Waals surface area contributed by atoms with Crippen molar-refractivity contribution in [3.05, 3.63) is 28.3 Å². The first kappa shape index (κ1) is 9.86. The zero-order valence-electron chi connectivity index (χ0n) is 7.30. The number of phenolic OH excluding ortho intramolecular Hbond substituents is 1. The van der Waals surface area contributed by atoms with Crippen molar-refractivity contribution in [2.24, 2.45) is 0 Å². The summed E-state index contributed by atoms with van der Waals surface area (Å²) in [6.07, 6.45) is 0. The van der Waals surface area contributed by atoms with E-state index in [0.29, 0.717) is 0 Å². The summed E-state index contributed by atoms with van der Waals surface area (Å²) in [5.74, 6) is -0.831. The smallest absolute Gasteiger partial charge is 0.341 e. The van der Waals surface area contributed by atoms with E-state index >= 15 is 0 Å². The second kappa shape index (κ2) is 3.66. The van der Waals surface area contributed by atoms with Crippen LogP contribution >= 0.6 is 11.6 Å². The summed E-state index contributed by atoms with van der Waals surface area (Å²) in [4.78, 5) is 11.1. The lowest BCUT2D eigenvalue weighted by Crippen LogP contribution is -2.02. The Morgan fingerprint density at radius 2 is 2.15 bits per heavy atom. The maximum absolute atomic E-state index is 11.1. The fraction of sp³-hybridized carbons (Fsp3) is 0.222. The van der Waals surface area contributed by atoms with E-state index in [9.17, 15) is 9.90 Å². The van der Waals surface area contributed by atoms with Gasteiger partial charge >= 0.3 is 5.97 Å². The molecule has 0 saturated carbocycles. The number of methoxy groups -OCH3 is 1. The number of halogens is 1. The van der Waals surface area contributed by atoms with Gasteiger partial charge < -0.3 is 9.84 Å². The van der Waals surface area contributed by atoms with Gasteiger partial charge in [0.15, 0.2) is 0 Å². The van der Waals surface area contributed by atoms with E-state index in [0.717, 1.165) is 5.56 Å². The summed E-state index contributed by atoms with van der Waals surface area (Å²) in [5, 5.41) is 9.54. The Labute approximate surface area is 80.9 Å². The third kappa shape index (κ3) is 1.92. The van der Waals surface area contributed by atoms with Crippen LogP contribution in [0.25, 0.3) is 0 Å². The molecule has 0 amide bonds. The van der Waals surface area contributed by atoms with E-state index in [2.05, 4.69) is 4.74 Å². The minimum absolute atomic E-state index is 0.0903. The van der Waals surface area contributed by atoms with Gasteiger partial charge in [-0.3, -0.25) is 0 Å². The maximum atomic E-state index is 11.1. The maximum Gasteiger partial charge on any atom is 0.341 e. The van der Waals surface area contributed by atoms with Crippen molar-refractivity contribution < 1.29 is 14.6 Å². The number of phenols is 1. The first-order valence-electron chi connectivity index (χ1n) is 3.63. The molecule has 13 heavy (non-hydrogen) atoms. The molecule has 0 saturated heterocycles. The molecule has 0 spiro atoms. The molecule has 1 rings (SSSR count). The number of hydrogen-bond acceptors (Lipinski definition) is 3. The van der Waals surface area contributed by atoms with Gasteiger partial charge in [0.2, 0.25) is 0 Å². The molecule has 0 aliphatic rings. The fourth-order valence-electron chi connectivity index (χ4n) is 1.00. The molecule has 4 heteroatoms. The van der Waals surface area contributed by atoms with Gasteiger partial charge in [-0.2, -0.15) is 0 Å². The highest BCUT2D eigenvalue weighted by molar-refractivity contribution is 6.32. The van der Waals surface area contributed by atoms with E-state index in [1.54, 1.807) is 13.0 Å². The Balaban J connectivity index is 3.28. The molecule has 1 aromatic carbocycles. The third-order valence-corrected chi connectivity index (χ3v) is 1.90. The van der Waals surface area contributed by atoms with Crippen LogP contribution in [0.1, 0.15) is 15.9 Å². The van der Waals surface area contributed by atoms with Crippen molar-refractivity contribution >= 4 is 17.6 Å². The van der Waals surface area contributed by atoms with Gasteiger partial charge in [0.05, 0.1) is 12.1 Å². The summed E-state index contributed by atoms with van der Waals surface area (Å²) >= 11 is 5.66. The molecule has 0 bridgehead atoms. The molecule has 0 aromatic heterocycles. The van der Waals surface area contributed by atoms with Crippen LogP contribution in [-0.4, -0.2) is 18.2 Å². The van der Waals surface area contributed by atoms with Gasteiger partial charge in [-0.25, -0.2) is 4.79 Å². The van der Waals surface area contributed by atoms with Gasteiger partial charge in [0.25, 0.3) is 0 Å². The molecular formula is C9H9ClO3. The summed E-state index contributed by atoms with van der Waals surface area (Å²) in [6, 6.07) is 3.09. The van der Waals surface area contributed by atoms with Crippen LogP contribution in [0, 0.1) is 6.92 Å². The van der Waals surface area contributed by atoms with Crippen molar-refractivity contribution in [1.82, 2.24) is 0 Å². The van der Waals surface area contributed by atoms with Crippen LogP contribution in [0.4, 0.5) is 0 Å². The highest BCUT2D eigenvalue weighted by Gasteiger charge is 2.14. The number of ether oxygens (including phenoxy) is 1. The minimum Gasteiger partial charge on any atom is -0.505 e. The number of carbonyl (C=O) groups is 1. The lowest BCUT2D eigenvalue weighted by molar-refractivity contribution is 0.0597. The van der Waals surface area contributed by atoms with Crippen LogP contribution < -0.4 is 0 Å². The van der Waals surface area contributed by atoms with Crippen LogP contribution in [-0.2, 0) is 4.74 Å². The number of aryl methyl sites for hydroxylation is 1. The zero-order valence-corrected chi connectivity index (χ0v) is 8.05. The van der Waals surface area contributed by atoms with E-state index in [4.69, 9.17) is 11.6 Å². The Morgan fingerprint density at radius 1 is 1.54 bits per heavy atom. The van der Waals surface area contributed by atoms with Crippen molar-refractivity contribution in [2.45, 2.75) is 6.92 Å². The number of hydrogen-bond donors (Lipinski definition) is 1. The SMILES string of the molecule is COC(=O)c1cc(C)cc(Cl)c1O.